The second kappa shape index (κ2) is 6.61. The lowest BCUT2D eigenvalue weighted by Gasteiger charge is -2.40. The number of hydrogen-bond donors (Lipinski definition) is 2. The summed E-state index contributed by atoms with van der Waals surface area (Å²) in [6.45, 7) is 8.00. The molecule has 0 aromatic carbocycles. The maximum atomic E-state index is 9.66. The van der Waals surface area contributed by atoms with Gasteiger partial charge in [-0.25, -0.2) is 0 Å². The molecule has 16 heavy (non-hydrogen) atoms. The third-order valence-corrected chi connectivity index (χ3v) is 4.39. The first kappa shape index (κ1) is 14.0. The van der Waals surface area contributed by atoms with Crippen LogP contribution < -0.4 is 5.32 Å². The molecule has 2 N–H and O–H groups in total. The molecular weight excluding hydrogens is 198 g/mol. The number of rotatable bonds is 6. The van der Waals surface area contributed by atoms with Crippen LogP contribution in [0.5, 0.6) is 0 Å². The Morgan fingerprint density at radius 2 is 1.94 bits per heavy atom. The summed E-state index contributed by atoms with van der Waals surface area (Å²) in [5.74, 6) is 1.37. The number of aliphatic hydroxyl groups excluding tert-OH is 1. The maximum absolute atomic E-state index is 9.66. The Hall–Kier alpha value is -0.0800. The first-order valence-corrected chi connectivity index (χ1v) is 6.98. The van der Waals surface area contributed by atoms with E-state index >= 15 is 0 Å². The van der Waals surface area contributed by atoms with Gasteiger partial charge in [0.05, 0.1) is 6.61 Å². The zero-order valence-electron chi connectivity index (χ0n) is 11.3. The van der Waals surface area contributed by atoms with Gasteiger partial charge >= 0.3 is 0 Å². The largest absolute Gasteiger partial charge is 0.394 e. The highest BCUT2D eigenvalue weighted by Gasteiger charge is 2.33. The van der Waals surface area contributed by atoms with Gasteiger partial charge in [-0.15, -0.1) is 0 Å². The Labute approximate surface area is 101 Å². The summed E-state index contributed by atoms with van der Waals surface area (Å²) in [4.78, 5) is 0. The van der Waals surface area contributed by atoms with Crippen molar-refractivity contribution in [2.24, 2.45) is 11.8 Å². The van der Waals surface area contributed by atoms with Gasteiger partial charge in [0.25, 0.3) is 0 Å². The van der Waals surface area contributed by atoms with Crippen molar-refractivity contribution in [2.75, 3.05) is 13.2 Å². The van der Waals surface area contributed by atoms with Crippen molar-refractivity contribution in [2.45, 2.75) is 64.8 Å². The van der Waals surface area contributed by atoms with Crippen molar-refractivity contribution in [3.8, 4) is 0 Å². The Bertz CT molecular complexity index is 189. The highest BCUT2D eigenvalue weighted by Crippen LogP contribution is 2.32. The summed E-state index contributed by atoms with van der Waals surface area (Å²) >= 11 is 0. The van der Waals surface area contributed by atoms with Crippen molar-refractivity contribution in [3.63, 3.8) is 0 Å². The number of hydrogen-bond acceptors (Lipinski definition) is 2. The van der Waals surface area contributed by atoms with Crippen LogP contribution in [-0.2, 0) is 0 Å². The molecule has 0 spiro atoms. The molecule has 2 heteroatoms. The van der Waals surface area contributed by atoms with Gasteiger partial charge in [0.1, 0.15) is 0 Å². The van der Waals surface area contributed by atoms with Gasteiger partial charge in [-0.05, 0) is 38.1 Å². The normalized spacial score (nSPS) is 24.0. The molecule has 0 aliphatic heterocycles. The van der Waals surface area contributed by atoms with Crippen molar-refractivity contribution in [1.82, 2.24) is 5.32 Å². The SMILES string of the molecule is CCC(C)CNC(C)(CO)C1CCCCC1. The molecule has 0 saturated heterocycles. The summed E-state index contributed by atoms with van der Waals surface area (Å²) < 4.78 is 0. The molecule has 0 aromatic heterocycles. The molecule has 1 saturated carbocycles. The van der Waals surface area contributed by atoms with E-state index in [1.54, 1.807) is 0 Å². The zero-order valence-corrected chi connectivity index (χ0v) is 11.3. The monoisotopic (exact) mass is 227 g/mol. The van der Waals surface area contributed by atoms with E-state index in [2.05, 4.69) is 26.1 Å². The van der Waals surface area contributed by atoms with E-state index in [0.29, 0.717) is 11.8 Å². The van der Waals surface area contributed by atoms with Crippen molar-refractivity contribution in [1.29, 1.82) is 0 Å². The molecule has 2 unspecified atom stereocenters. The van der Waals surface area contributed by atoms with E-state index in [0.717, 1.165) is 6.54 Å². The minimum atomic E-state index is -0.0517. The van der Waals surface area contributed by atoms with E-state index in [9.17, 15) is 5.11 Å². The molecule has 1 fully saturated rings. The van der Waals surface area contributed by atoms with Gasteiger partial charge in [-0.2, -0.15) is 0 Å². The molecule has 1 aliphatic carbocycles. The van der Waals surface area contributed by atoms with Crippen LogP contribution in [0.25, 0.3) is 0 Å². The van der Waals surface area contributed by atoms with E-state index < -0.39 is 0 Å². The Morgan fingerprint density at radius 1 is 1.31 bits per heavy atom. The fourth-order valence-electron chi connectivity index (χ4n) is 2.62. The van der Waals surface area contributed by atoms with Crippen LogP contribution in [-0.4, -0.2) is 23.8 Å². The van der Waals surface area contributed by atoms with E-state index in [-0.39, 0.29) is 12.1 Å². The first-order valence-electron chi connectivity index (χ1n) is 6.98. The molecule has 0 amide bonds. The fraction of sp³-hybridized carbons (Fsp3) is 1.00. The van der Waals surface area contributed by atoms with Gasteiger partial charge in [-0.3, -0.25) is 0 Å². The summed E-state index contributed by atoms with van der Waals surface area (Å²) in [7, 11) is 0. The van der Waals surface area contributed by atoms with Crippen molar-refractivity contribution < 1.29 is 5.11 Å². The lowest BCUT2D eigenvalue weighted by Crippen LogP contribution is -2.53. The third kappa shape index (κ3) is 3.74. The maximum Gasteiger partial charge on any atom is 0.0613 e. The van der Waals surface area contributed by atoms with E-state index in [1.165, 1.54) is 38.5 Å². The van der Waals surface area contributed by atoms with Crippen molar-refractivity contribution >= 4 is 0 Å². The fourth-order valence-corrected chi connectivity index (χ4v) is 2.62. The van der Waals surface area contributed by atoms with Crippen LogP contribution in [0.1, 0.15) is 59.3 Å². The number of nitrogens with one attached hydrogen (secondary N) is 1. The van der Waals surface area contributed by atoms with Crippen molar-refractivity contribution in [3.05, 3.63) is 0 Å². The molecule has 96 valence electrons. The van der Waals surface area contributed by atoms with Crippen LogP contribution in [0.4, 0.5) is 0 Å². The highest BCUT2D eigenvalue weighted by atomic mass is 16.3. The van der Waals surface area contributed by atoms with Gasteiger partial charge in [0.2, 0.25) is 0 Å². The smallest absolute Gasteiger partial charge is 0.0613 e. The zero-order chi connectivity index (χ0) is 12.0. The van der Waals surface area contributed by atoms with Crippen LogP contribution in [0.3, 0.4) is 0 Å². The molecule has 2 nitrogen and oxygen atoms in total. The Kier molecular flexibility index (Phi) is 5.77. The van der Waals surface area contributed by atoms with Crippen LogP contribution >= 0.6 is 0 Å². The lowest BCUT2D eigenvalue weighted by molar-refractivity contribution is 0.0916. The average Bonchev–Trinajstić information content (AvgIpc) is 2.36. The molecule has 0 aromatic rings. The molecule has 2 atom stereocenters. The molecule has 0 bridgehead atoms. The van der Waals surface area contributed by atoms with Gasteiger partial charge in [0.15, 0.2) is 0 Å². The average molecular weight is 227 g/mol. The molecule has 0 heterocycles. The van der Waals surface area contributed by atoms with Crippen LogP contribution in [0.2, 0.25) is 0 Å². The summed E-state index contributed by atoms with van der Waals surface area (Å²) in [6, 6.07) is 0. The quantitative estimate of drug-likeness (QED) is 0.731. The molecule has 0 radical (unpaired) electrons. The minimum absolute atomic E-state index is 0.0517. The third-order valence-electron chi connectivity index (χ3n) is 4.39. The number of aliphatic hydroxyl groups is 1. The first-order chi connectivity index (χ1) is 7.62. The molecular formula is C14H29NO. The predicted octanol–water partition coefficient (Wildman–Crippen LogP) is 2.95. The molecule has 1 rings (SSSR count). The summed E-state index contributed by atoms with van der Waals surface area (Å²) in [5.41, 5.74) is -0.0517. The van der Waals surface area contributed by atoms with E-state index in [1.807, 2.05) is 0 Å². The van der Waals surface area contributed by atoms with Gasteiger partial charge in [0, 0.05) is 5.54 Å². The lowest BCUT2D eigenvalue weighted by atomic mass is 9.76. The minimum Gasteiger partial charge on any atom is -0.394 e. The predicted molar refractivity (Wildman–Crippen MR) is 69.5 cm³/mol. The second-order valence-electron chi connectivity index (χ2n) is 5.80. The van der Waals surface area contributed by atoms with Gasteiger partial charge in [-0.1, -0.05) is 39.5 Å². The summed E-state index contributed by atoms with van der Waals surface area (Å²) in [6.07, 6.45) is 7.83. The van der Waals surface area contributed by atoms with E-state index in [4.69, 9.17) is 0 Å². The standard InChI is InChI=1S/C14H29NO/c1-4-12(2)10-15-14(3,11-16)13-8-6-5-7-9-13/h12-13,15-16H,4-11H2,1-3H3. The van der Waals surface area contributed by atoms with Gasteiger partial charge < -0.3 is 10.4 Å². The highest BCUT2D eigenvalue weighted by molar-refractivity contribution is 4.91. The topological polar surface area (TPSA) is 32.3 Å². The summed E-state index contributed by atoms with van der Waals surface area (Å²) in [5, 5.41) is 13.3. The van der Waals surface area contributed by atoms with Crippen LogP contribution in [0, 0.1) is 11.8 Å². The molecule has 1 aliphatic rings. The Balaban J connectivity index is 2.47. The van der Waals surface area contributed by atoms with Crippen LogP contribution in [0.15, 0.2) is 0 Å². The second-order valence-corrected chi connectivity index (χ2v) is 5.80. The Morgan fingerprint density at radius 3 is 2.44 bits per heavy atom.